The highest BCUT2D eigenvalue weighted by atomic mass is 127. The van der Waals surface area contributed by atoms with Crippen molar-refractivity contribution in [3.8, 4) is 11.5 Å². The van der Waals surface area contributed by atoms with Crippen LogP contribution in [0.4, 0.5) is 4.39 Å². The van der Waals surface area contributed by atoms with Crippen LogP contribution in [0.2, 0.25) is 5.02 Å². The van der Waals surface area contributed by atoms with Crippen LogP contribution < -0.4 is 9.47 Å². The van der Waals surface area contributed by atoms with Crippen molar-refractivity contribution in [2.45, 2.75) is 13.5 Å². The van der Waals surface area contributed by atoms with Gasteiger partial charge in [0.1, 0.15) is 12.4 Å². The minimum atomic E-state index is -0.608. The largest absolute Gasteiger partial charge is 0.490 e. The van der Waals surface area contributed by atoms with E-state index in [4.69, 9.17) is 25.8 Å². The van der Waals surface area contributed by atoms with Crippen LogP contribution in [0.3, 0.4) is 0 Å². The monoisotopic (exact) mass is 577 g/mol. The molecule has 3 aromatic rings. The molecule has 0 aromatic heterocycles. The first-order chi connectivity index (χ1) is 15.9. The number of ether oxygens (including phenoxy) is 3. The zero-order chi connectivity index (χ0) is 23.4. The minimum absolute atomic E-state index is 0.0620. The number of halogens is 3. The van der Waals surface area contributed by atoms with Crippen molar-refractivity contribution >= 4 is 52.1 Å². The Hall–Kier alpha value is -2.91. The number of rotatable bonds is 7. The molecule has 0 saturated heterocycles. The maximum atomic E-state index is 13.5. The highest BCUT2D eigenvalue weighted by molar-refractivity contribution is 14.1. The van der Waals surface area contributed by atoms with Gasteiger partial charge in [-0.3, -0.25) is 0 Å². The van der Waals surface area contributed by atoms with E-state index in [-0.39, 0.29) is 11.6 Å². The molecule has 3 aromatic carbocycles. The van der Waals surface area contributed by atoms with Gasteiger partial charge in [-0.25, -0.2) is 14.2 Å². The fraction of sp³-hybridized carbons (Fsp3) is 0.120. The molecule has 5 nitrogen and oxygen atoms in total. The quantitative estimate of drug-likeness (QED) is 0.185. The summed E-state index contributed by atoms with van der Waals surface area (Å²) >= 11 is 8.21. The first kappa shape index (κ1) is 23.3. The first-order valence-corrected chi connectivity index (χ1v) is 11.5. The van der Waals surface area contributed by atoms with Gasteiger partial charge in [0.25, 0.3) is 0 Å². The molecule has 0 aliphatic carbocycles. The summed E-state index contributed by atoms with van der Waals surface area (Å²) in [5.41, 5.74) is 2.12. The summed E-state index contributed by atoms with van der Waals surface area (Å²) in [4.78, 5) is 16.6. The lowest BCUT2D eigenvalue weighted by Gasteiger charge is -2.15. The lowest BCUT2D eigenvalue weighted by atomic mass is 10.1. The van der Waals surface area contributed by atoms with E-state index in [1.807, 2.05) is 31.2 Å². The molecule has 8 heteroatoms. The summed E-state index contributed by atoms with van der Waals surface area (Å²) in [6.07, 6.45) is 1.60. The molecule has 0 unspecified atom stereocenters. The van der Waals surface area contributed by atoms with Gasteiger partial charge in [0.2, 0.25) is 5.90 Å². The molecular formula is C25H18ClFINO4. The molecule has 1 aliphatic heterocycles. The van der Waals surface area contributed by atoms with E-state index in [1.165, 1.54) is 18.2 Å². The second kappa shape index (κ2) is 10.4. The van der Waals surface area contributed by atoms with Gasteiger partial charge in [-0.1, -0.05) is 29.8 Å². The van der Waals surface area contributed by atoms with Gasteiger partial charge in [0, 0.05) is 10.6 Å². The molecule has 1 heterocycles. The van der Waals surface area contributed by atoms with Crippen molar-refractivity contribution in [2.24, 2.45) is 4.99 Å². The van der Waals surface area contributed by atoms with E-state index in [9.17, 15) is 9.18 Å². The zero-order valence-corrected chi connectivity index (χ0v) is 20.4. The van der Waals surface area contributed by atoms with Crippen LogP contribution in [0.1, 0.15) is 23.6 Å². The number of carbonyl (C=O) groups is 1. The van der Waals surface area contributed by atoms with Crippen LogP contribution in [0.25, 0.3) is 6.08 Å². The molecule has 33 heavy (non-hydrogen) atoms. The third kappa shape index (κ3) is 5.72. The van der Waals surface area contributed by atoms with E-state index >= 15 is 0 Å². The summed E-state index contributed by atoms with van der Waals surface area (Å²) in [6.45, 7) is 2.64. The van der Waals surface area contributed by atoms with Crippen molar-refractivity contribution in [2.75, 3.05) is 6.61 Å². The molecule has 0 saturated carbocycles. The Morgan fingerprint density at radius 3 is 2.70 bits per heavy atom. The van der Waals surface area contributed by atoms with Crippen LogP contribution in [-0.4, -0.2) is 18.5 Å². The highest BCUT2D eigenvalue weighted by Gasteiger charge is 2.25. The van der Waals surface area contributed by atoms with E-state index in [2.05, 4.69) is 27.6 Å². The number of hydrogen-bond donors (Lipinski definition) is 0. The summed E-state index contributed by atoms with van der Waals surface area (Å²) in [5.74, 6) is 0.153. The average Bonchev–Trinajstić information content (AvgIpc) is 3.14. The summed E-state index contributed by atoms with van der Waals surface area (Å²) in [7, 11) is 0. The van der Waals surface area contributed by atoms with Gasteiger partial charge in [0.05, 0.1) is 10.2 Å². The maximum absolute atomic E-state index is 13.5. The van der Waals surface area contributed by atoms with Gasteiger partial charge in [0.15, 0.2) is 17.2 Å². The molecule has 0 fully saturated rings. The van der Waals surface area contributed by atoms with Gasteiger partial charge in [-0.2, -0.15) is 0 Å². The number of benzene rings is 3. The van der Waals surface area contributed by atoms with Crippen molar-refractivity contribution in [3.05, 3.63) is 97.5 Å². The molecule has 0 bridgehead atoms. The Bertz CT molecular complexity index is 1280. The Labute approximate surface area is 209 Å². The van der Waals surface area contributed by atoms with Gasteiger partial charge < -0.3 is 14.2 Å². The third-order valence-corrected chi connectivity index (χ3v) is 5.64. The minimum Gasteiger partial charge on any atom is -0.490 e. The Morgan fingerprint density at radius 2 is 1.94 bits per heavy atom. The van der Waals surface area contributed by atoms with Crippen LogP contribution >= 0.6 is 34.2 Å². The fourth-order valence-corrected chi connectivity index (χ4v) is 4.16. The van der Waals surface area contributed by atoms with Crippen LogP contribution in [-0.2, 0) is 16.1 Å². The molecule has 1 aliphatic rings. The number of aliphatic imine (C=N–C) groups is 1. The van der Waals surface area contributed by atoms with Crippen molar-refractivity contribution < 1.29 is 23.4 Å². The van der Waals surface area contributed by atoms with E-state index < -0.39 is 11.8 Å². The maximum Gasteiger partial charge on any atom is 0.363 e. The molecule has 0 N–H and O–H groups in total. The number of carbonyl (C=O) groups excluding carboxylic acids is 1. The second-order valence-corrected chi connectivity index (χ2v) is 8.63. The summed E-state index contributed by atoms with van der Waals surface area (Å²) in [6, 6.07) is 16.8. The average molecular weight is 578 g/mol. The predicted molar refractivity (Wildman–Crippen MR) is 133 cm³/mol. The molecule has 4 rings (SSSR count). The topological polar surface area (TPSA) is 57.1 Å². The van der Waals surface area contributed by atoms with Gasteiger partial charge in [-0.15, -0.1) is 0 Å². The lowest BCUT2D eigenvalue weighted by Crippen LogP contribution is -2.05. The van der Waals surface area contributed by atoms with Gasteiger partial charge >= 0.3 is 5.97 Å². The Kier molecular flexibility index (Phi) is 7.29. The van der Waals surface area contributed by atoms with Gasteiger partial charge in [-0.05, 0) is 89.2 Å². The van der Waals surface area contributed by atoms with E-state index in [0.717, 1.165) is 9.13 Å². The predicted octanol–water partition coefficient (Wildman–Crippen LogP) is 6.41. The fourth-order valence-electron chi connectivity index (χ4n) is 3.17. The molecule has 0 amide bonds. The SMILES string of the molecule is CCOc1cc(/C=C2\N=C(c3cccc(F)c3)OC2=O)cc(I)c1OCc1cccc(Cl)c1. The van der Waals surface area contributed by atoms with Crippen molar-refractivity contribution in [1.29, 1.82) is 0 Å². The number of hydrogen-bond acceptors (Lipinski definition) is 5. The normalized spacial score (nSPS) is 14.2. The molecule has 168 valence electrons. The number of cyclic esters (lactones) is 1. The van der Waals surface area contributed by atoms with Crippen LogP contribution in [0.5, 0.6) is 11.5 Å². The summed E-state index contributed by atoms with van der Waals surface area (Å²) < 4.78 is 31.3. The van der Waals surface area contributed by atoms with E-state index in [1.54, 1.807) is 24.3 Å². The highest BCUT2D eigenvalue weighted by Crippen LogP contribution is 2.36. The van der Waals surface area contributed by atoms with E-state index in [0.29, 0.717) is 40.9 Å². The van der Waals surface area contributed by atoms with Crippen molar-refractivity contribution in [1.82, 2.24) is 0 Å². The Balaban J connectivity index is 1.61. The second-order valence-electron chi connectivity index (χ2n) is 7.03. The van der Waals surface area contributed by atoms with Crippen molar-refractivity contribution in [3.63, 3.8) is 0 Å². The van der Waals surface area contributed by atoms with Crippen LogP contribution in [0, 0.1) is 9.39 Å². The lowest BCUT2D eigenvalue weighted by molar-refractivity contribution is -0.129. The molecule has 0 radical (unpaired) electrons. The third-order valence-electron chi connectivity index (χ3n) is 4.60. The molecule has 0 atom stereocenters. The number of esters is 1. The molecule has 0 spiro atoms. The van der Waals surface area contributed by atoms with Crippen LogP contribution in [0.15, 0.2) is 71.4 Å². The number of nitrogens with zero attached hydrogens (tertiary/aromatic N) is 1. The summed E-state index contributed by atoms with van der Waals surface area (Å²) in [5, 5.41) is 0.638. The Morgan fingerprint density at radius 1 is 1.12 bits per heavy atom. The molecular weight excluding hydrogens is 560 g/mol. The standard InChI is InChI=1S/C25H18ClFINO4/c1-2-31-22-12-16(10-20(28)23(22)32-14-15-5-3-7-18(26)9-15)11-21-25(30)33-24(29-21)17-6-4-8-19(27)13-17/h3-13H,2,14H2,1H3/b21-11-. The zero-order valence-electron chi connectivity index (χ0n) is 17.5. The smallest absolute Gasteiger partial charge is 0.363 e. The first-order valence-electron chi connectivity index (χ1n) is 10.0.